The van der Waals surface area contributed by atoms with E-state index in [9.17, 15) is 27.2 Å². The van der Waals surface area contributed by atoms with Gasteiger partial charge in [0.25, 0.3) is 0 Å². The molecule has 0 aliphatic carbocycles. The van der Waals surface area contributed by atoms with Crippen LogP contribution < -0.4 is 5.73 Å². The molecule has 186 valence electrons. The summed E-state index contributed by atoms with van der Waals surface area (Å²) in [5.74, 6) is -2.91. The van der Waals surface area contributed by atoms with E-state index in [1.54, 1.807) is 6.92 Å². The largest absolute Gasteiger partial charge is 0.451 e. The molecular formula is C23H14F5N9. The minimum atomic E-state index is -4.74. The molecule has 0 spiro atoms. The van der Waals surface area contributed by atoms with Crippen molar-refractivity contribution in [2.24, 2.45) is 0 Å². The van der Waals surface area contributed by atoms with Crippen LogP contribution in [-0.2, 0) is 6.18 Å². The minimum Gasteiger partial charge on any atom is -0.383 e. The fraction of sp³-hybridized carbons (Fsp3) is 0.130. The molecule has 0 saturated carbocycles. The van der Waals surface area contributed by atoms with Crippen LogP contribution in [0.15, 0.2) is 49.3 Å². The van der Waals surface area contributed by atoms with Crippen LogP contribution in [0.3, 0.4) is 0 Å². The van der Waals surface area contributed by atoms with Gasteiger partial charge in [0.2, 0.25) is 5.82 Å². The molecule has 14 heteroatoms. The molecule has 4 aromatic heterocycles. The molecule has 9 nitrogen and oxygen atoms in total. The molecule has 1 unspecified atom stereocenters. The lowest BCUT2D eigenvalue weighted by Crippen LogP contribution is -2.11. The highest BCUT2D eigenvalue weighted by Gasteiger charge is 2.35. The predicted molar refractivity (Wildman–Crippen MR) is 120 cm³/mol. The van der Waals surface area contributed by atoms with Gasteiger partial charge in [0, 0.05) is 41.3 Å². The van der Waals surface area contributed by atoms with Gasteiger partial charge in [-0.05, 0) is 19.1 Å². The van der Waals surface area contributed by atoms with Crippen molar-refractivity contribution in [3.63, 3.8) is 0 Å². The number of aromatic nitrogens is 7. The van der Waals surface area contributed by atoms with Gasteiger partial charge in [-0.25, -0.2) is 33.4 Å². The third kappa shape index (κ3) is 3.99. The molecule has 0 aliphatic rings. The monoisotopic (exact) mass is 511 g/mol. The Labute approximate surface area is 204 Å². The summed E-state index contributed by atoms with van der Waals surface area (Å²) in [4.78, 5) is 15.0. The summed E-state index contributed by atoms with van der Waals surface area (Å²) in [5.41, 5.74) is 7.12. The third-order valence-electron chi connectivity index (χ3n) is 5.74. The van der Waals surface area contributed by atoms with Gasteiger partial charge in [-0.3, -0.25) is 0 Å². The Kier molecular flexibility index (Phi) is 5.55. The maximum absolute atomic E-state index is 14.3. The van der Waals surface area contributed by atoms with E-state index in [0.29, 0.717) is 5.56 Å². The van der Waals surface area contributed by atoms with Crippen molar-refractivity contribution in [3.8, 4) is 22.9 Å². The summed E-state index contributed by atoms with van der Waals surface area (Å²) >= 11 is 0. The molecule has 0 radical (unpaired) electrons. The standard InChI is InChI=1S/C23H14F5N9/c1-11(13-8-35-36(9-13)16-3-2-14(24)4-15(16)25)37-17(5-29)18(19-20(30)33-10-34-21(19)37)12-6-31-22(32-7-12)23(26,27)28/h2-4,6-11H,1H3,(H2,30,33,34). The summed E-state index contributed by atoms with van der Waals surface area (Å²) in [6.45, 7) is 1.72. The molecule has 1 atom stereocenters. The van der Waals surface area contributed by atoms with Gasteiger partial charge in [0.05, 0.1) is 17.6 Å². The first-order chi connectivity index (χ1) is 17.6. The van der Waals surface area contributed by atoms with Crippen LogP contribution in [0.2, 0.25) is 0 Å². The molecule has 0 amide bonds. The van der Waals surface area contributed by atoms with Crippen molar-refractivity contribution in [2.75, 3.05) is 5.73 Å². The number of anilines is 1. The zero-order valence-electron chi connectivity index (χ0n) is 18.7. The van der Waals surface area contributed by atoms with E-state index in [-0.39, 0.29) is 39.4 Å². The predicted octanol–water partition coefficient (Wildman–Crippen LogP) is 4.43. The number of hydrogen-bond acceptors (Lipinski definition) is 7. The van der Waals surface area contributed by atoms with E-state index in [4.69, 9.17) is 5.73 Å². The number of rotatable bonds is 4. The van der Waals surface area contributed by atoms with Gasteiger partial charge in [0.1, 0.15) is 41.1 Å². The van der Waals surface area contributed by atoms with E-state index in [2.05, 4.69) is 31.1 Å². The van der Waals surface area contributed by atoms with E-state index in [1.807, 2.05) is 0 Å². The molecule has 2 N–H and O–H groups in total. The zero-order chi connectivity index (χ0) is 26.5. The molecule has 1 aromatic carbocycles. The Bertz CT molecular complexity index is 1680. The van der Waals surface area contributed by atoms with E-state index in [1.165, 1.54) is 34.0 Å². The highest BCUT2D eigenvalue weighted by atomic mass is 19.4. The molecular weight excluding hydrogens is 497 g/mol. The number of nitrogen functional groups attached to an aromatic ring is 1. The lowest BCUT2D eigenvalue weighted by molar-refractivity contribution is -0.144. The normalized spacial score (nSPS) is 12.6. The number of fused-ring (bicyclic) bond motifs is 1. The maximum Gasteiger partial charge on any atom is 0.451 e. The second-order valence-corrected chi connectivity index (χ2v) is 7.95. The molecule has 0 saturated heterocycles. The smallest absolute Gasteiger partial charge is 0.383 e. The molecule has 5 aromatic rings. The van der Waals surface area contributed by atoms with Crippen molar-refractivity contribution < 1.29 is 22.0 Å². The number of nitriles is 1. The van der Waals surface area contributed by atoms with Crippen molar-refractivity contribution in [2.45, 2.75) is 19.1 Å². The minimum absolute atomic E-state index is 0.00637. The number of benzene rings is 1. The average Bonchev–Trinajstić information content (AvgIpc) is 3.47. The first-order valence-electron chi connectivity index (χ1n) is 10.5. The number of nitrogens with zero attached hydrogens (tertiary/aromatic N) is 8. The van der Waals surface area contributed by atoms with Gasteiger partial charge in [-0.1, -0.05) is 0 Å². The van der Waals surface area contributed by atoms with E-state index < -0.39 is 29.7 Å². The maximum atomic E-state index is 14.3. The van der Waals surface area contributed by atoms with Gasteiger partial charge in [0.15, 0.2) is 5.82 Å². The molecule has 4 heterocycles. The fourth-order valence-corrected chi connectivity index (χ4v) is 4.03. The van der Waals surface area contributed by atoms with Crippen LogP contribution in [-0.4, -0.2) is 34.3 Å². The van der Waals surface area contributed by atoms with E-state index in [0.717, 1.165) is 24.5 Å². The molecule has 0 fully saturated rings. The van der Waals surface area contributed by atoms with Crippen LogP contribution >= 0.6 is 0 Å². The second-order valence-electron chi connectivity index (χ2n) is 7.95. The molecule has 0 aliphatic heterocycles. The topological polar surface area (TPSA) is 124 Å². The Morgan fingerprint density at radius 3 is 2.43 bits per heavy atom. The lowest BCUT2D eigenvalue weighted by atomic mass is 10.1. The van der Waals surface area contributed by atoms with Crippen molar-refractivity contribution in [3.05, 3.63) is 78.0 Å². The van der Waals surface area contributed by atoms with Crippen LogP contribution in [0.4, 0.5) is 27.8 Å². The molecule has 5 rings (SSSR count). The number of nitrogens with two attached hydrogens (primary N) is 1. The Hall–Kier alpha value is -4.93. The third-order valence-corrected chi connectivity index (χ3v) is 5.74. The number of alkyl halides is 3. The van der Waals surface area contributed by atoms with Crippen molar-refractivity contribution in [1.29, 1.82) is 5.26 Å². The van der Waals surface area contributed by atoms with Crippen molar-refractivity contribution >= 4 is 16.9 Å². The van der Waals surface area contributed by atoms with Gasteiger partial charge in [-0.2, -0.15) is 23.5 Å². The summed E-state index contributed by atoms with van der Waals surface area (Å²) in [7, 11) is 0. The van der Waals surface area contributed by atoms with Crippen LogP contribution in [0.25, 0.3) is 27.8 Å². The highest BCUT2D eigenvalue weighted by molar-refractivity contribution is 6.03. The molecule has 0 bridgehead atoms. The second kappa shape index (κ2) is 8.63. The van der Waals surface area contributed by atoms with Crippen LogP contribution in [0.5, 0.6) is 0 Å². The highest BCUT2D eigenvalue weighted by Crippen LogP contribution is 2.39. The number of hydrogen-bond donors (Lipinski definition) is 1. The number of halogens is 5. The Balaban J connectivity index is 1.67. The van der Waals surface area contributed by atoms with Crippen LogP contribution in [0.1, 0.15) is 30.0 Å². The Morgan fingerprint density at radius 2 is 1.78 bits per heavy atom. The summed E-state index contributed by atoms with van der Waals surface area (Å²) in [5, 5.41) is 14.5. The first-order valence-corrected chi connectivity index (χ1v) is 10.5. The SMILES string of the molecule is CC(c1cnn(-c2ccc(F)cc2F)c1)n1c(C#N)c(-c2cnc(C(F)(F)F)nc2)c2c(N)ncnc21. The van der Waals surface area contributed by atoms with Gasteiger partial charge >= 0.3 is 6.18 Å². The summed E-state index contributed by atoms with van der Waals surface area (Å²) in [6, 6.07) is 4.48. The van der Waals surface area contributed by atoms with Crippen LogP contribution in [0, 0.1) is 23.0 Å². The van der Waals surface area contributed by atoms with Crippen molar-refractivity contribution in [1.82, 2.24) is 34.3 Å². The first kappa shape index (κ1) is 23.8. The zero-order valence-corrected chi connectivity index (χ0v) is 18.7. The Morgan fingerprint density at radius 1 is 1.05 bits per heavy atom. The molecule has 37 heavy (non-hydrogen) atoms. The van der Waals surface area contributed by atoms with Gasteiger partial charge in [-0.15, -0.1) is 0 Å². The average molecular weight is 511 g/mol. The van der Waals surface area contributed by atoms with E-state index >= 15 is 0 Å². The quantitative estimate of drug-likeness (QED) is 0.354. The lowest BCUT2D eigenvalue weighted by Gasteiger charge is -2.14. The summed E-state index contributed by atoms with van der Waals surface area (Å²) in [6.07, 6.45) is 1.27. The summed E-state index contributed by atoms with van der Waals surface area (Å²) < 4.78 is 69.3. The van der Waals surface area contributed by atoms with Gasteiger partial charge < -0.3 is 10.3 Å². The fourth-order valence-electron chi connectivity index (χ4n) is 4.03.